The van der Waals surface area contributed by atoms with Crippen LogP contribution in [0.25, 0.3) is 0 Å². The Morgan fingerprint density at radius 3 is 2.60 bits per heavy atom. The molecule has 1 aliphatic carbocycles. The highest BCUT2D eigenvalue weighted by molar-refractivity contribution is 5.34. The van der Waals surface area contributed by atoms with Crippen LogP contribution in [0.5, 0.6) is 0 Å². The average Bonchev–Trinajstić information content (AvgIpc) is 2.14. The van der Waals surface area contributed by atoms with E-state index in [4.69, 9.17) is 5.73 Å². The summed E-state index contributed by atoms with van der Waals surface area (Å²) < 4.78 is 14.3. The van der Waals surface area contributed by atoms with Crippen LogP contribution in [-0.2, 0) is 12.1 Å². The fraction of sp³-hybridized carbons (Fsp3) is 0.538. The zero-order chi connectivity index (χ0) is 10.9. The van der Waals surface area contributed by atoms with Crippen LogP contribution < -0.4 is 5.73 Å². The van der Waals surface area contributed by atoms with Gasteiger partial charge in [-0.25, -0.2) is 4.39 Å². The number of benzene rings is 1. The van der Waals surface area contributed by atoms with Gasteiger partial charge in [0.15, 0.2) is 0 Å². The minimum absolute atomic E-state index is 0.0924. The molecule has 82 valence electrons. The Bertz CT molecular complexity index is 342. The molecule has 1 fully saturated rings. The van der Waals surface area contributed by atoms with E-state index < -0.39 is 5.67 Å². The molecule has 1 unspecified atom stereocenters. The minimum atomic E-state index is -1.06. The molecule has 0 bridgehead atoms. The van der Waals surface area contributed by atoms with Gasteiger partial charge in [-0.05, 0) is 43.7 Å². The quantitative estimate of drug-likeness (QED) is 0.810. The molecule has 0 radical (unpaired) electrons. The lowest BCUT2D eigenvalue weighted by atomic mass is 9.74. The molecule has 0 aliphatic heterocycles. The smallest absolute Gasteiger partial charge is 0.136 e. The van der Waals surface area contributed by atoms with Crippen molar-refractivity contribution in [3.63, 3.8) is 0 Å². The Morgan fingerprint density at radius 1 is 1.40 bits per heavy atom. The summed E-state index contributed by atoms with van der Waals surface area (Å²) in [5, 5.41) is 0. The minimum Gasteiger partial charge on any atom is -0.328 e. The van der Waals surface area contributed by atoms with Crippen molar-refractivity contribution >= 4 is 0 Å². The fourth-order valence-electron chi connectivity index (χ4n) is 2.24. The van der Waals surface area contributed by atoms with E-state index in [1.54, 1.807) is 0 Å². The molecule has 1 aromatic carbocycles. The SMILES string of the molecule is CC(N)Cc1ccccc1C1(F)CCC1. The number of hydrogen-bond donors (Lipinski definition) is 1. The molecule has 1 aromatic rings. The summed E-state index contributed by atoms with van der Waals surface area (Å²) in [4.78, 5) is 0. The van der Waals surface area contributed by atoms with E-state index in [0.717, 1.165) is 24.0 Å². The Hall–Kier alpha value is -0.890. The van der Waals surface area contributed by atoms with Gasteiger partial charge in [0.1, 0.15) is 5.67 Å². The molecule has 1 aliphatic rings. The van der Waals surface area contributed by atoms with Crippen molar-refractivity contribution in [3.8, 4) is 0 Å². The molecule has 2 heteroatoms. The van der Waals surface area contributed by atoms with E-state index in [2.05, 4.69) is 0 Å². The van der Waals surface area contributed by atoms with E-state index in [9.17, 15) is 4.39 Å². The molecule has 1 nitrogen and oxygen atoms in total. The van der Waals surface area contributed by atoms with Crippen molar-refractivity contribution < 1.29 is 4.39 Å². The van der Waals surface area contributed by atoms with Crippen LogP contribution in [0, 0.1) is 0 Å². The van der Waals surface area contributed by atoms with Crippen molar-refractivity contribution in [1.82, 2.24) is 0 Å². The summed E-state index contributed by atoms with van der Waals surface area (Å²) in [6.07, 6.45) is 3.11. The Kier molecular flexibility index (Phi) is 2.79. The lowest BCUT2D eigenvalue weighted by Crippen LogP contribution is -2.31. The number of nitrogens with two attached hydrogens (primary N) is 1. The van der Waals surface area contributed by atoms with Crippen LogP contribution in [0.4, 0.5) is 4.39 Å². The Labute approximate surface area is 90.5 Å². The molecule has 0 heterocycles. The van der Waals surface area contributed by atoms with E-state index in [1.807, 2.05) is 31.2 Å². The first-order valence-corrected chi connectivity index (χ1v) is 5.65. The first kappa shape index (κ1) is 10.6. The molecular weight excluding hydrogens is 189 g/mol. The van der Waals surface area contributed by atoms with Crippen molar-refractivity contribution in [2.75, 3.05) is 0 Å². The van der Waals surface area contributed by atoms with Gasteiger partial charge in [-0.2, -0.15) is 0 Å². The molecular formula is C13H18FN. The second kappa shape index (κ2) is 3.93. The molecule has 1 saturated carbocycles. The van der Waals surface area contributed by atoms with E-state index >= 15 is 0 Å². The zero-order valence-electron chi connectivity index (χ0n) is 9.17. The van der Waals surface area contributed by atoms with E-state index in [1.165, 1.54) is 0 Å². The van der Waals surface area contributed by atoms with Crippen LogP contribution in [-0.4, -0.2) is 6.04 Å². The standard InChI is InChI=1S/C13H18FN/c1-10(15)9-11-5-2-3-6-12(11)13(14)7-4-8-13/h2-3,5-6,10H,4,7-9,15H2,1H3. The maximum Gasteiger partial charge on any atom is 0.136 e. The van der Waals surface area contributed by atoms with E-state index in [-0.39, 0.29) is 6.04 Å². The predicted octanol–water partition coefficient (Wildman–Crippen LogP) is 2.93. The summed E-state index contributed by atoms with van der Waals surface area (Å²) >= 11 is 0. The first-order valence-electron chi connectivity index (χ1n) is 5.65. The second-order valence-electron chi connectivity index (χ2n) is 4.66. The highest BCUT2D eigenvalue weighted by atomic mass is 19.1. The van der Waals surface area contributed by atoms with Gasteiger partial charge in [0.05, 0.1) is 0 Å². The summed E-state index contributed by atoms with van der Waals surface area (Å²) in [5.74, 6) is 0. The molecule has 2 N–H and O–H groups in total. The molecule has 0 aromatic heterocycles. The van der Waals surface area contributed by atoms with Gasteiger partial charge in [-0.15, -0.1) is 0 Å². The highest BCUT2D eigenvalue weighted by Crippen LogP contribution is 2.46. The topological polar surface area (TPSA) is 26.0 Å². The summed E-state index contributed by atoms with van der Waals surface area (Å²) in [6, 6.07) is 7.88. The molecule has 2 rings (SSSR count). The van der Waals surface area contributed by atoms with Gasteiger partial charge in [0.25, 0.3) is 0 Å². The third-order valence-corrected chi connectivity index (χ3v) is 3.19. The first-order chi connectivity index (χ1) is 7.12. The predicted molar refractivity (Wildman–Crippen MR) is 60.4 cm³/mol. The number of halogens is 1. The summed E-state index contributed by atoms with van der Waals surface area (Å²) in [5.41, 5.74) is 6.66. The maximum absolute atomic E-state index is 14.3. The van der Waals surface area contributed by atoms with Crippen LogP contribution >= 0.6 is 0 Å². The van der Waals surface area contributed by atoms with Gasteiger partial charge in [-0.1, -0.05) is 24.3 Å². The Balaban J connectivity index is 2.29. The fourth-order valence-corrected chi connectivity index (χ4v) is 2.24. The number of hydrogen-bond acceptors (Lipinski definition) is 1. The van der Waals surface area contributed by atoms with Crippen LogP contribution in [0.1, 0.15) is 37.3 Å². The number of rotatable bonds is 3. The van der Waals surface area contributed by atoms with Gasteiger partial charge >= 0.3 is 0 Å². The Morgan fingerprint density at radius 2 is 2.07 bits per heavy atom. The van der Waals surface area contributed by atoms with Crippen LogP contribution in [0.15, 0.2) is 24.3 Å². The monoisotopic (exact) mass is 207 g/mol. The second-order valence-corrected chi connectivity index (χ2v) is 4.66. The molecule has 15 heavy (non-hydrogen) atoms. The summed E-state index contributed by atoms with van der Waals surface area (Å²) in [7, 11) is 0. The van der Waals surface area contributed by atoms with Gasteiger partial charge in [-0.3, -0.25) is 0 Å². The molecule has 1 atom stereocenters. The largest absolute Gasteiger partial charge is 0.328 e. The van der Waals surface area contributed by atoms with Crippen molar-refractivity contribution in [2.45, 2.75) is 44.3 Å². The normalized spacial score (nSPS) is 20.7. The molecule has 0 amide bonds. The van der Waals surface area contributed by atoms with Crippen LogP contribution in [0.3, 0.4) is 0 Å². The molecule has 0 saturated heterocycles. The van der Waals surface area contributed by atoms with E-state index in [0.29, 0.717) is 12.8 Å². The van der Waals surface area contributed by atoms with Gasteiger partial charge in [0, 0.05) is 6.04 Å². The maximum atomic E-state index is 14.3. The highest BCUT2D eigenvalue weighted by Gasteiger charge is 2.40. The molecule has 0 spiro atoms. The lowest BCUT2D eigenvalue weighted by Gasteiger charge is -2.36. The van der Waals surface area contributed by atoms with Gasteiger partial charge in [0.2, 0.25) is 0 Å². The van der Waals surface area contributed by atoms with Crippen molar-refractivity contribution in [1.29, 1.82) is 0 Å². The number of alkyl halides is 1. The third-order valence-electron chi connectivity index (χ3n) is 3.19. The lowest BCUT2D eigenvalue weighted by molar-refractivity contribution is 0.0598. The summed E-state index contributed by atoms with van der Waals surface area (Å²) in [6.45, 7) is 1.96. The average molecular weight is 207 g/mol. The van der Waals surface area contributed by atoms with Gasteiger partial charge < -0.3 is 5.73 Å². The zero-order valence-corrected chi connectivity index (χ0v) is 9.17. The van der Waals surface area contributed by atoms with Crippen molar-refractivity contribution in [2.24, 2.45) is 5.73 Å². The third kappa shape index (κ3) is 2.05. The van der Waals surface area contributed by atoms with Crippen molar-refractivity contribution in [3.05, 3.63) is 35.4 Å². The van der Waals surface area contributed by atoms with Crippen LogP contribution in [0.2, 0.25) is 0 Å².